The van der Waals surface area contributed by atoms with E-state index in [1.165, 1.54) is 18.2 Å². The number of benzene rings is 2. The van der Waals surface area contributed by atoms with Gasteiger partial charge in [-0.15, -0.1) is 0 Å². The molecule has 0 radical (unpaired) electrons. The third-order valence-electron chi connectivity index (χ3n) is 4.27. The number of carbonyl (C=O) groups is 1. The summed E-state index contributed by atoms with van der Waals surface area (Å²) in [5, 5.41) is 0. The summed E-state index contributed by atoms with van der Waals surface area (Å²) in [6.07, 6.45) is 6.96. The van der Waals surface area contributed by atoms with Crippen molar-refractivity contribution >= 4 is 5.97 Å². The summed E-state index contributed by atoms with van der Waals surface area (Å²) in [6, 6.07) is 20.7. The van der Waals surface area contributed by atoms with Crippen LogP contribution in [0.3, 0.4) is 0 Å². The minimum atomic E-state index is -0.246. The molecular formula is C21H20O2. The maximum Gasteiger partial charge on any atom is 0.333 e. The summed E-state index contributed by atoms with van der Waals surface area (Å²) >= 11 is 0. The number of esters is 1. The number of rotatable bonds is 3. The second-order valence-electron chi connectivity index (χ2n) is 5.69. The third-order valence-corrected chi connectivity index (χ3v) is 4.27. The maximum absolute atomic E-state index is 12.0. The van der Waals surface area contributed by atoms with Crippen LogP contribution in [0.4, 0.5) is 0 Å². The van der Waals surface area contributed by atoms with Gasteiger partial charge in [0.1, 0.15) is 0 Å². The van der Waals surface area contributed by atoms with Gasteiger partial charge in [-0.3, -0.25) is 0 Å². The molecule has 2 atom stereocenters. The zero-order valence-electron chi connectivity index (χ0n) is 13.2. The molecule has 2 aromatic rings. The number of ether oxygens (including phenoxy) is 1. The van der Waals surface area contributed by atoms with Gasteiger partial charge in [0, 0.05) is 17.4 Å². The molecule has 0 aromatic heterocycles. The van der Waals surface area contributed by atoms with E-state index in [0.717, 1.165) is 5.57 Å². The van der Waals surface area contributed by atoms with Crippen LogP contribution in [0.2, 0.25) is 0 Å². The fourth-order valence-corrected chi connectivity index (χ4v) is 3.10. The molecule has 0 aliphatic heterocycles. The van der Waals surface area contributed by atoms with Crippen LogP contribution >= 0.6 is 0 Å². The Balaban J connectivity index is 2.07. The molecule has 2 nitrogen and oxygen atoms in total. The Hall–Kier alpha value is -2.61. The number of methoxy groups -OCH3 is 1. The van der Waals surface area contributed by atoms with Crippen molar-refractivity contribution in [2.75, 3.05) is 7.11 Å². The van der Waals surface area contributed by atoms with Gasteiger partial charge in [-0.25, -0.2) is 4.79 Å². The van der Waals surface area contributed by atoms with Crippen molar-refractivity contribution in [2.45, 2.75) is 18.3 Å². The van der Waals surface area contributed by atoms with Crippen molar-refractivity contribution in [1.29, 1.82) is 0 Å². The van der Waals surface area contributed by atoms with Gasteiger partial charge < -0.3 is 4.74 Å². The predicted molar refractivity (Wildman–Crippen MR) is 92.2 cm³/mol. The van der Waals surface area contributed by atoms with Crippen LogP contribution in [0.15, 0.2) is 84.5 Å². The molecule has 0 N–H and O–H groups in total. The zero-order valence-corrected chi connectivity index (χ0v) is 13.2. The van der Waals surface area contributed by atoms with E-state index in [0.29, 0.717) is 6.42 Å². The van der Waals surface area contributed by atoms with Gasteiger partial charge in [0.25, 0.3) is 0 Å². The molecule has 3 rings (SSSR count). The highest BCUT2D eigenvalue weighted by Gasteiger charge is 2.25. The van der Waals surface area contributed by atoms with Crippen LogP contribution in [-0.2, 0) is 9.53 Å². The molecule has 0 bridgehead atoms. The first-order valence-corrected chi connectivity index (χ1v) is 7.85. The Labute approximate surface area is 137 Å². The summed E-state index contributed by atoms with van der Waals surface area (Å²) in [7, 11) is 1.43. The highest BCUT2D eigenvalue weighted by Crippen LogP contribution is 2.38. The van der Waals surface area contributed by atoms with Crippen LogP contribution in [0.1, 0.15) is 29.4 Å². The lowest BCUT2D eigenvalue weighted by Crippen LogP contribution is -2.10. The van der Waals surface area contributed by atoms with Gasteiger partial charge in [0.2, 0.25) is 0 Å². The maximum atomic E-state index is 12.0. The van der Waals surface area contributed by atoms with Gasteiger partial charge in [-0.1, -0.05) is 78.9 Å². The average Bonchev–Trinajstić information content (AvgIpc) is 2.85. The molecule has 116 valence electrons. The van der Waals surface area contributed by atoms with Crippen LogP contribution in [0, 0.1) is 0 Å². The lowest BCUT2D eigenvalue weighted by molar-refractivity contribution is -0.136. The van der Waals surface area contributed by atoms with Crippen LogP contribution in [0.5, 0.6) is 0 Å². The van der Waals surface area contributed by atoms with Gasteiger partial charge in [0.15, 0.2) is 0 Å². The first kappa shape index (κ1) is 15.3. The Kier molecular flexibility index (Phi) is 4.72. The molecule has 1 aliphatic carbocycles. The van der Waals surface area contributed by atoms with E-state index < -0.39 is 0 Å². The van der Waals surface area contributed by atoms with E-state index in [4.69, 9.17) is 4.74 Å². The Bertz CT molecular complexity index is 714. The van der Waals surface area contributed by atoms with E-state index in [2.05, 4.69) is 54.6 Å². The molecule has 0 saturated heterocycles. The van der Waals surface area contributed by atoms with E-state index in [9.17, 15) is 4.79 Å². The minimum absolute atomic E-state index is 0.117. The second kappa shape index (κ2) is 7.10. The molecule has 0 saturated carbocycles. The summed E-state index contributed by atoms with van der Waals surface area (Å²) in [4.78, 5) is 12.0. The van der Waals surface area contributed by atoms with E-state index in [-0.39, 0.29) is 17.8 Å². The Morgan fingerprint density at radius 3 is 2.04 bits per heavy atom. The number of carbonyl (C=O) groups excluding carboxylic acids is 1. The monoisotopic (exact) mass is 304 g/mol. The summed E-state index contributed by atoms with van der Waals surface area (Å²) in [5.41, 5.74) is 3.17. The first-order valence-electron chi connectivity index (χ1n) is 7.85. The van der Waals surface area contributed by atoms with E-state index in [1.54, 1.807) is 0 Å². The molecule has 0 unspecified atom stereocenters. The van der Waals surface area contributed by atoms with Crippen LogP contribution in [-0.4, -0.2) is 13.1 Å². The largest absolute Gasteiger partial charge is 0.466 e. The number of hydrogen-bond donors (Lipinski definition) is 0. The van der Waals surface area contributed by atoms with Crippen LogP contribution < -0.4 is 0 Å². The predicted octanol–water partition coefficient (Wildman–Crippen LogP) is 4.61. The Morgan fingerprint density at radius 2 is 1.48 bits per heavy atom. The minimum Gasteiger partial charge on any atom is -0.466 e. The third kappa shape index (κ3) is 3.42. The number of hydrogen-bond acceptors (Lipinski definition) is 2. The fraction of sp³-hybridized carbons (Fsp3) is 0.190. The summed E-state index contributed by atoms with van der Waals surface area (Å²) in [5.74, 6) is 0.0801. The average molecular weight is 304 g/mol. The first-order chi connectivity index (χ1) is 11.3. The molecule has 1 aliphatic rings. The summed E-state index contributed by atoms with van der Waals surface area (Å²) < 4.78 is 4.93. The second-order valence-corrected chi connectivity index (χ2v) is 5.69. The molecule has 0 spiro atoms. The van der Waals surface area contributed by atoms with Crippen molar-refractivity contribution in [3.05, 3.63) is 95.6 Å². The zero-order chi connectivity index (χ0) is 16.1. The molecule has 0 heterocycles. The molecule has 23 heavy (non-hydrogen) atoms. The molecular weight excluding hydrogens is 284 g/mol. The van der Waals surface area contributed by atoms with Crippen molar-refractivity contribution < 1.29 is 9.53 Å². The van der Waals surface area contributed by atoms with Crippen LogP contribution in [0.25, 0.3) is 0 Å². The lowest BCUT2D eigenvalue weighted by atomic mass is 9.81. The highest BCUT2D eigenvalue weighted by molar-refractivity contribution is 5.89. The fourth-order valence-electron chi connectivity index (χ4n) is 3.10. The molecule has 2 aromatic carbocycles. The van der Waals surface area contributed by atoms with E-state index >= 15 is 0 Å². The van der Waals surface area contributed by atoms with Gasteiger partial charge in [-0.05, 0) is 17.5 Å². The quantitative estimate of drug-likeness (QED) is 0.611. The van der Waals surface area contributed by atoms with Gasteiger partial charge in [0.05, 0.1) is 7.11 Å². The van der Waals surface area contributed by atoms with Gasteiger partial charge >= 0.3 is 5.97 Å². The van der Waals surface area contributed by atoms with E-state index in [1.807, 2.05) is 24.3 Å². The molecule has 0 fully saturated rings. The topological polar surface area (TPSA) is 26.3 Å². The van der Waals surface area contributed by atoms with Crippen molar-refractivity contribution in [2.24, 2.45) is 0 Å². The van der Waals surface area contributed by atoms with Crippen molar-refractivity contribution in [3.8, 4) is 0 Å². The normalized spacial score (nSPS) is 20.5. The lowest BCUT2D eigenvalue weighted by Gasteiger charge is -2.22. The van der Waals surface area contributed by atoms with Crippen molar-refractivity contribution in [3.63, 3.8) is 0 Å². The standard InChI is InChI=1S/C21H20O2/c1-23-21(22)18-13-8-14-19(16-9-4-2-5-10-16)20(15-18)17-11-6-3-7-12-17/h2-12,14-15,19-20H,13H2,1H3/t19-,20-/m0/s1. The molecule has 2 heteroatoms. The smallest absolute Gasteiger partial charge is 0.333 e. The van der Waals surface area contributed by atoms with Gasteiger partial charge in [-0.2, -0.15) is 0 Å². The molecule has 0 amide bonds. The number of allylic oxidation sites excluding steroid dienone is 3. The SMILES string of the molecule is COC(=O)C1=C[C@@H](c2ccccc2)[C@H](c2ccccc2)C=CC1. The Morgan fingerprint density at radius 1 is 0.913 bits per heavy atom. The highest BCUT2D eigenvalue weighted by atomic mass is 16.5. The summed E-state index contributed by atoms with van der Waals surface area (Å²) in [6.45, 7) is 0. The van der Waals surface area contributed by atoms with Crippen molar-refractivity contribution in [1.82, 2.24) is 0 Å².